The first-order valence-electron chi connectivity index (χ1n) is 9.40. The molecule has 1 aliphatic rings. The van der Waals surface area contributed by atoms with E-state index in [4.69, 9.17) is 9.57 Å². The quantitative estimate of drug-likeness (QED) is 0.328. The Kier molecular flexibility index (Phi) is 7.32. The molecule has 5 nitrogen and oxygen atoms in total. The molecule has 5 heteroatoms. The fraction of sp³-hybridized carbons (Fsp3) is 0.619. The summed E-state index contributed by atoms with van der Waals surface area (Å²) in [6.07, 6.45) is 11.6. The zero-order valence-electron chi connectivity index (χ0n) is 16.7. The molecule has 0 aromatic carbocycles. The van der Waals surface area contributed by atoms with Gasteiger partial charge >= 0.3 is 0 Å². The molecule has 0 saturated heterocycles. The van der Waals surface area contributed by atoms with E-state index >= 15 is 0 Å². The fourth-order valence-electron chi connectivity index (χ4n) is 2.82. The summed E-state index contributed by atoms with van der Waals surface area (Å²) in [5.74, 6) is 6.91. The third kappa shape index (κ3) is 6.59. The van der Waals surface area contributed by atoms with Crippen LogP contribution in [-0.4, -0.2) is 28.7 Å². The molecule has 1 aromatic heterocycles. The van der Waals surface area contributed by atoms with E-state index in [-0.39, 0.29) is 11.5 Å². The van der Waals surface area contributed by atoms with Gasteiger partial charge in [-0.1, -0.05) is 23.4 Å². The van der Waals surface area contributed by atoms with Gasteiger partial charge in [0.15, 0.2) is 0 Å². The number of rotatable bonds is 6. The molecule has 0 aliphatic heterocycles. The summed E-state index contributed by atoms with van der Waals surface area (Å²) >= 11 is 0. The molecular weight excluding hydrogens is 326 g/mol. The smallest absolute Gasteiger partial charge is 0.221 e. The van der Waals surface area contributed by atoms with Gasteiger partial charge in [-0.2, -0.15) is 5.10 Å². The molecule has 0 N–H and O–H groups in total. The van der Waals surface area contributed by atoms with E-state index in [1.165, 1.54) is 19.3 Å². The maximum Gasteiger partial charge on any atom is 0.221 e. The van der Waals surface area contributed by atoms with Gasteiger partial charge in [-0.05, 0) is 65.5 Å². The van der Waals surface area contributed by atoms with Crippen molar-refractivity contribution in [3.8, 4) is 17.7 Å². The largest absolute Gasteiger partial charge is 0.474 e. The summed E-state index contributed by atoms with van der Waals surface area (Å²) in [6.45, 7) is 8.58. The van der Waals surface area contributed by atoms with Crippen LogP contribution in [0, 0.1) is 24.2 Å². The second-order valence-electron chi connectivity index (χ2n) is 7.76. The molecule has 2 rings (SSSR count). The van der Waals surface area contributed by atoms with Gasteiger partial charge in [0, 0.05) is 12.5 Å². The number of oxime groups is 1. The number of allylic oxidation sites excluding steroid dienone is 1. The van der Waals surface area contributed by atoms with Crippen LogP contribution in [0.15, 0.2) is 17.3 Å². The summed E-state index contributed by atoms with van der Waals surface area (Å²) in [5, 5.41) is 8.51. The van der Waals surface area contributed by atoms with Crippen molar-refractivity contribution in [1.29, 1.82) is 0 Å². The summed E-state index contributed by atoms with van der Waals surface area (Å²) in [5.41, 5.74) is 1.78. The normalized spacial score (nSPS) is 16.0. The molecule has 1 aliphatic carbocycles. The van der Waals surface area contributed by atoms with Crippen LogP contribution in [0.3, 0.4) is 0 Å². The molecule has 0 unspecified atom stereocenters. The number of hydrogen-bond acceptors (Lipinski definition) is 4. The Bertz CT molecular complexity index is 693. The molecule has 1 heterocycles. The molecule has 0 amide bonds. The van der Waals surface area contributed by atoms with Crippen molar-refractivity contribution < 1.29 is 9.57 Å². The van der Waals surface area contributed by atoms with E-state index in [2.05, 4.69) is 42.9 Å². The summed E-state index contributed by atoms with van der Waals surface area (Å²) in [6, 6.07) is 0. The highest BCUT2D eigenvalue weighted by molar-refractivity contribution is 5.83. The first-order chi connectivity index (χ1) is 12.4. The van der Waals surface area contributed by atoms with Crippen LogP contribution in [0.1, 0.15) is 64.1 Å². The van der Waals surface area contributed by atoms with Crippen LogP contribution in [0.25, 0.3) is 0 Å². The van der Waals surface area contributed by atoms with Gasteiger partial charge in [-0.15, -0.1) is 0 Å². The van der Waals surface area contributed by atoms with Crippen LogP contribution in [-0.2, 0) is 11.9 Å². The molecule has 0 atom stereocenters. The number of hydrogen-bond donors (Lipinski definition) is 0. The van der Waals surface area contributed by atoms with Crippen LogP contribution in [0.2, 0.25) is 0 Å². The van der Waals surface area contributed by atoms with E-state index in [0.29, 0.717) is 6.61 Å². The Hall–Kier alpha value is -2.22. The fourth-order valence-corrected chi connectivity index (χ4v) is 2.82. The molecule has 1 aromatic rings. The van der Waals surface area contributed by atoms with Gasteiger partial charge in [0.25, 0.3) is 0 Å². The average Bonchev–Trinajstić information content (AvgIpc) is 2.84. The van der Waals surface area contributed by atoms with Crippen LogP contribution >= 0.6 is 0 Å². The predicted octanol–water partition coefficient (Wildman–Crippen LogP) is 4.40. The third-order valence-corrected chi connectivity index (χ3v) is 4.12. The van der Waals surface area contributed by atoms with Gasteiger partial charge in [-0.25, -0.2) is 4.68 Å². The first-order valence-corrected chi connectivity index (χ1v) is 9.40. The Morgan fingerprint density at radius 2 is 2.00 bits per heavy atom. The van der Waals surface area contributed by atoms with Gasteiger partial charge < -0.3 is 9.57 Å². The lowest BCUT2D eigenvalue weighted by Crippen LogP contribution is -2.21. The number of aryl methyl sites for hydroxylation is 2. The van der Waals surface area contributed by atoms with Crippen molar-refractivity contribution in [2.75, 3.05) is 6.61 Å². The standard InChI is InChI=1S/C21H31N3O2/c1-17-19(16-22-25-15-11-7-10-14-21(2,3)4)20(24(5)23-17)26-18-12-8-6-9-13-18/h7,11,16,18H,6,8-9,12-13,15H2,1-5H3. The van der Waals surface area contributed by atoms with Crippen molar-refractivity contribution in [2.45, 2.75) is 65.9 Å². The van der Waals surface area contributed by atoms with Gasteiger partial charge in [-0.3, -0.25) is 0 Å². The van der Waals surface area contributed by atoms with Crippen molar-refractivity contribution in [3.63, 3.8) is 0 Å². The van der Waals surface area contributed by atoms with Crippen molar-refractivity contribution >= 4 is 6.21 Å². The van der Waals surface area contributed by atoms with E-state index in [1.54, 1.807) is 17.0 Å². The second kappa shape index (κ2) is 9.47. The van der Waals surface area contributed by atoms with Gasteiger partial charge in [0.2, 0.25) is 5.88 Å². The van der Waals surface area contributed by atoms with Crippen LogP contribution in [0.5, 0.6) is 5.88 Å². The average molecular weight is 357 g/mol. The third-order valence-electron chi connectivity index (χ3n) is 4.12. The molecule has 0 bridgehead atoms. The zero-order chi connectivity index (χ0) is 19.0. The molecule has 142 valence electrons. The van der Waals surface area contributed by atoms with Crippen LogP contribution < -0.4 is 4.74 Å². The molecule has 26 heavy (non-hydrogen) atoms. The summed E-state index contributed by atoms with van der Waals surface area (Å²) < 4.78 is 7.99. The Balaban J connectivity index is 1.90. The Labute approximate surface area is 157 Å². The minimum Gasteiger partial charge on any atom is -0.474 e. The minimum absolute atomic E-state index is 0.00984. The number of ether oxygens (including phenoxy) is 1. The Morgan fingerprint density at radius 1 is 1.27 bits per heavy atom. The van der Waals surface area contributed by atoms with E-state index in [0.717, 1.165) is 30.0 Å². The topological polar surface area (TPSA) is 48.6 Å². The maximum absolute atomic E-state index is 6.20. The van der Waals surface area contributed by atoms with Crippen molar-refractivity contribution in [2.24, 2.45) is 17.6 Å². The van der Waals surface area contributed by atoms with Crippen molar-refractivity contribution in [1.82, 2.24) is 9.78 Å². The predicted molar refractivity (Wildman–Crippen MR) is 105 cm³/mol. The molecule has 1 fully saturated rings. The lowest BCUT2D eigenvalue weighted by atomic mass is 9.98. The summed E-state index contributed by atoms with van der Waals surface area (Å²) in [4.78, 5) is 5.30. The minimum atomic E-state index is 0.00984. The first kappa shape index (κ1) is 20.1. The second-order valence-corrected chi connectivity index (χ2v) is 7.76. The monoisotopic (exact) mass is 357 g/mol. The van der Waals surface area contributed by atoms with Gasteiger partial charge in [0.1, 0.15) is 12.7 Å². The molecular formula is C21H31N3O2. The number of nitrogens with zero attached hydrogens (tertiary/aromatic N) is 3. The summed E-state index contributed by atoms with van der Waals surface area (Å²) in [7, 11) is 1.90. The van der Waals surface area contributed by atoms with E-state index in [1.807, 2.05) is 20.0 Å². The maximum atomic E-state index is 6.20. The highest BCUT2D eigenvalue weighted by atomic mass is 16.6. The van der Waals surface area contributed by atoms with Crippen LogP contribution in [0.4, 0.5) is 0 Å². The molecule has 1 saturated carbocycles. The van der Waals surface area contributed by atoms with E-state index in [9.17, 15) is 0 Å². The van der Waals surface area contributed by atoms with Gasteiger partial charge in [0.05, 0.1) is 17.5 Å². The zero-order valence-corrected chi connectivity index (χ0v) is 16.7. The lowest BCUT2D eigenvalue weighted by Gasteiger charge is -2.23. The van der Waals surface area contributed by atoms with Crippen molar-refractivity contribution in [3.05, 3.63) is 23.4 Å². The highest BCUT2D eigenvalue weighted by Gasteiger charge is 2.20. The molecule has 0 spiro atoms. The Morgan fingerprint density at radius 3 is 2.69 bits per heavy atom. The lowest BCUT2D eigenvalue weighted by molar-refractivity contribution is 0.141. The SMILES string of the molecule is Cc1nn(C)c(OC2CCCCC2)c1C=NOCC=CC#CC(C)(C)C. The molecule has 0 radical (unpaired) electrons. The number of aromatic nitrogens is 2. The van der Waals surface area contributed by atoms with E-state index < -0.39 is 0 Å². The highest BCUT2D eigenvalue weighted by Crippen LogP contribution is 2.26.